The number of hydrogen-bond acceptors (Lipinski definition) is 3. The summed E-state index contributed by atoms with van der Waals surface area (Å²) in [6, 6.07) is 2.81. The van der Waals surface area contributed by atoms with Crippen molar-refractivity contribution in [1.29, 1.82) is 0 Å². The van der Waals surface area contributed by atoms with Crippen molar-refractivity contribution in [2.75, 3.05) is 24.5 Å². The zero-order chi connectivity index (χ0) is 12.8. The molecule has 1 atom stereocenters. The van der Waals surface area contributed by atoms with E-state index in [2.05, 4.69) is 35.1 Å². The largest absolute Gasteiger partial charge is 0.370 e. The highest BCUT2D eigenvalue weighted by Crippen LogP contribution is 2.20. The first kappa shape index (κ1) is 13.3. The van der Waals surface area contributed by atoms with Crippen LogP contribution >= 0.6 is 0 Å². The Morgan fingerprint density at radius 1 is 1.50 bits per heavy atom. The molecule has 1 aromatic rings. The third-order valence-electron chi connectivity index (χ3n) is 3.72. The van der Waals surface area contributed by atoms with Gasteiger partial charge >= 0.3 is 0 Å². The molecule has 1 aromatic heterocycles. The van der Waals surface area contributed by atoms with Gasteiger partial charge in [0.15, 0.2) is 0 Å². The summed E-state index contributed by atoms with van der Waals surface area (Å²) in [4.78, 5) is 6.73. The van der Waals surface area contributed by atoms with Crippen LogP contribution in [0.25, 0.3) is 0 Å². The van der Waals surface area contributed by atoms with Crippen LogP contribution in [0, 0.1) is 6.92 Å². The normalized spacial score (nSPS) is 19.1. The fraction of sp³-hybridized carbons (Fsp3) is 0.667. The summed E-state index contributed by atoms with van der Waals surface area (Å²) >= 11 is 0. The maximum absolute atomic E-state index is 4.20. The first-order valence-electron chi connectivity index (χ1n) is 7.20. The van der Waals surface area contributed by atoms with E-state index >= 15 is 0 Å². The summed E-state index contributed by atoms with van der Waals surface area (Å²) in [5.74, 6) is 0. The minimum absolute atomic E-state index is 0.662. The number of hydrogen-bond donors (Lipinski definition) is 1. The van der Waals surface area contributed by atoms with E-state index in [1.807, 2.05) is 12.4 Å². The second-order valence-corrected chi connectivity index (χ2v) is 5.26. The molecule has 1 aliphatic heterocycles. The molecular weight excluding hydrogens is 222 g/mol. The van der Waals surface area contributed by atoms with Crippen LogP contribution in [0.1, 0.15) is 38.2 Å². The van der Waals surface area contributed by atoms with Gasteiger partial charge in [0, 0.05) is 37.2 Å². The van der Waals surface area contributed by atoms with Gasteiger partial charge < -0.3 is 10.2 Å². The first-order valence-corrected chi connectivity index (χ1v) is 7.20. The number of aromatic nitrogens is 1. The Bertz CT molecular complexity index is 359. The Morgan fingerprint density at radius 2 is 2.39 bits per heavy atom. The molecule has 1 saturated heterocycles. The molecule has 1 fully saturated rings. The first-order chi connectivity index (χ1) is 8.81. The third kappa shape index (κ3) is 3.45. The van der Waals surface area contributed by atoms with E-state index < -0.39 is 0 Å². The Morgan fingerprint density at radius 3 is 3.06 bits per heavy atom. The lowest BCUT2D eigenvalue weighted by atomic mass is 10.1. The lowest BCUT2D eigenvalue weighted by molar-refractivity contribution is 0.571. The minimum atomic E-state index is 0.662. The average molecular weight is 247 g/mol. The van der Waals surface area contributed by atoms with E-state index in [0.717, 1.165) is 13.1 Å². The highest BCUT2D eigenvalue weighted by atomic mass is 15.2. The molecule has 3 heteroatoms. The van der Waals surface area contributed by atoms with E-state index in [-0.39, 0.29) is 0 Å². The number of anilines is 1. The molecule has 2 heterocycles. The summed E-state index contributed by atoms with van der Waals surface area (Å²) in [7, 11) is 0. The Balaban J connectivity index is 2.06. The summed E-state index contributed by atoms with van der Waals surface area (Å²) in [5.41, 5.74) is 2.64. The van der Waals surface area contributed by atoms with Crippen LogP contribution in [0.5, 0.6) is 0 Å². The highest BCUT2D eigenvalue weighted by Gasteiger charge is 2.18. The van der Waals surface area contributed by atoms with E-state index in [1.165, 1.54) is 43.5 Å². The molecule has 0 aliphatic carbocycles. The number of nitrogens with one attached hydrogen (secondary N) is 1. The standard InChI is InChI=1S/C15H25N3/c1-3-4-10-18(12-14-6-5-8-17-14)15-7-9-16-11-13(15)2/h7,9,11,14,17H,3-6,8,10,12H2,1-2H3. The molecule has 100 valence electrons. The Kier molecular flexibility index (Phi) is 5.00. The smallest absolute Gasteiger partial charge is 0.0427 e. The van der Waals surface area contributed by atoms with Crippen LogP contribution in [-0.2, 0) is 0 Å². The summed E-state index contributed by atoms with van der Waals surface area (Å²) < 4.78 is 0. The van der Waals surface area contributed by atoms with E-state index in [0.29, 0.717) is 6.04 Å². The van der Waals surface area contributed by atoms with Crippen molar-refractivity contribution in [3.05, 3.63) is 24.0 Å². The van der Waals surface area contributed by atoms with Gasteiger partial charge in [-0.2, -0.15) is 0 Å². The molecule has 0 saturated carbocycles. The second-order valence-electron chi connectivity index (χ2n) is 5.26. The molecule has 1 N–H and O–H groups in total. The van der Waals surface area contributed by atoms with Crippen molar-refractivity contribution < 1.29 is 0 Å². The van der Waals surface area contributed by atoms with Gasteiger partial charge in [0.2, 0.25) is 0 Å². The van der Waals surface area contributed by atoms with Crippen molar-refractivity contribution >= 4 is 5.69 Å². The number of unbranched alkanes of at least 4 members (excludes halogenated alkanes) is 1. The monoisotopic (exact) mass is 247 g/mol. The number of rotatable bonds is 6. The van der Waals surface area contributed by atoms with Crippen molar-refractivity contribution in [3.8, 4) is 0 Å². The molecule has 2 rings (SSSR count). The van der Waals surface area contributed by atoms with Crippen LogP contribution in [0.2, 0.25) is 0 Å². The maximum atomic E-state index is 4.20. The summed E-state index contributed by atoms with van der Waals surface area (Å²) in [5, 5.41) is 3.60. The van der Waals surface area contributed by atoms with Crippen LogP contribution in [0.4, 0.5) is 5.69 Å². The fourth-order valence-electron chi connectivity index (χ4n) is 2.66. The van der Waals surface area contributed by atoms with Crippen LogP contribution in [0.15, 0.2) is 18.5 Å². The molecule has 1 unspecified atom stereocenters. The minimum Gasteiger partial charge on any atom is -0.370 e. The predicted octanol–water partition coefficient (Wildman–Crippen LogP) is 2.75. The van der Waals surface area contributed by atoms with Gasteiger partial charge in [-0.15, -0.1) is 0 Å². The van der Waals surface area contributed by atoms with Gasteiger partial charge in [0.05, 0.1) is 0 Å². The van der Waals surface area contributed by atoms with Gasteiger partial charge in [0.25, 0.3) is 0 Å². The quantitative estimate of drug-likeness (QED) is 0.838. The second kappa shape index (κ2) is 6.74. The van der Waals surface area contributed by atoms with Gasteiger partial charge in [0.1, 0.15) is 0 Å². The fourth-order valence-corrected chi connectivity index (χ4v) is 2.66. The van der Waals surface area contributed by atoms with Gasteiger partial charge in [-0.05, 0) is 44.4 Å². The third-order valence-corrected chi connectivity index (χ3v) is 3.72. The summed E-state index contributed by atoms with van der Waals surface area (Å²) in [6.45, 7) is 7.88. The zero-order valence-electron chi connectivity index (χ0n) is 11.7. The van der Waals surface area contributed by atoms with Crippen LogP contribution in [-0.4, -0.2) is 30.7 Å². The van der Waals surface area contributed by atoms with E-state index in [9.17, 15) is 0 Å². The van der Waals surface area contributed by atoms with Crippen molar-refractivity contribution in [2.24, 2.45) is 0 Å². The molecule has 0 aromatic carbocycles. The maximum Gasteiger partial charge on any atom is 0.0427 e. The molecule has 1 aliphatic rings. The molecule has 0 bridgehead atoms. The highest BCUT2D eigenvalue weighted by molar-refractivity contribution is 5.51. The van der Waals surface area contributed by atoms with Crippen molar-refractivity contribution in [2.45, 2.75) is 45.6 Å². The van der Waals surface area contributed by atoms with Crippen LogP contribution < -0.4 is 10.2 Å². The average Bonchev–Trinajstić information content (AvgIpc) is 2.88. The van der Waals surface area contributed by atoms with Crippen LogP contribution in [0.3, 0.4) is 0 Å². The predicted molar refractivity (Wildman–Crippen MR) is 77.1 cm³/mol. The SMILES string of the molecule is CCCCN(CC1CCCN1)c1ccncc1C. The number of aryl methyl sites for hydroxylation is 1. The number of pyridine rings is 1. The number of nitrogens with zero attached hydrogens (tertiary/aromatic N) is 2. The molecule has 0 spiro atoms. The van der Waals surface area contributed by atoms with Gasteiger partial charge in [-0.3, -0.25) is 4.98 Å². The Hall–Kier alpha value is -1.09. The summed E-state index contributed by atoms with van der Waals surface area (Å²) in [6.07, 6.45) is 9.02. The van der Waals surface area contributed by atoms with Gasteiger partial charge in [-0.1, -0.05) is 13.3 Å². The molecule has 0 amide bonds. The zero-order valence-corrected chi connectivity index (χ0v) is 11.7. The Labute approximate surface area is 111 Å². The molecular formula is C15H25N3. The van der Waals surface area contributed by atoms with Gasteiger partial charge in [-0.25, -0.2) is 0 Å². The van der Waals surface area contributed by atoms with Crippen molar-refractivity contribution in [1.82, 2.24) is 10.3 Å². The lowest BCUT2D eigenvalue weighted by Crippen LogP contribution is -2.38. The molecule has 3 nitrogen and oxygen atoms in total. The van der Waals surface area contributed by atoms with Crippen molar-refractivity contribution in [3.63, 3.8) is 0 Å². The topological polar surface area (TPSA) is 28.2 Å². The van der Waals surface area contributed by atoms with E-state index in [4.69, 9.17) is 0 Å². The molecule has 18 heavy (non-hydrogen) atoms. The molecule has 0 radical (unpaired) electrons. The lowest BCUT2D eigenvalue weighted by Gasteiger charge is -2.29. The van der Waals surface area contributed by atoms with E-state index in [1.54, 1.807) is 0 Å².